The van der Waals surface area contributed by atoms with Crippen LogP contribution in [0.25, 0.3) is 10.8 Å². The van der Waals surface area contributed by atoms with Crippen LogP contribution in [0.2, 0.25) is 0 Å². The van der Waals surface area contributed by atoms with Gasteiger partial charge in [0, 0.05) is 23.3 Å². The normalized spacial score (nSPS) is 10.4. The Bertz CT molecular complexity index is 1060. The maximum absolute atomic E-state index is 13.1. The molecule has 0 unspecified atom stereocenters. The van der Waals surface area contributed by atoms with Crippen LogP contribution in [-0.4, -0.2) is 38.0 Å². The number of ketones is 1. The number of nitrogens with zero attached hydrogens (tertiary/aromatic N) is 1. The summed E-state index contributed by atoms with van der Waals surface area (Å²) in [6.07, 6.45) is 1.46. The van der Waals surface area contributed by atoms with Gasteiger partial charge >= 0.3 is 0 Å². The van der Waals surface area contributed by atoms with Crippen LogP contribution in [0.3, 0.4) is 0 Å². The molecule has 0 saturated heterocycles. The lowest BCUT2D eigenvalue weighted by atomic mass is 10.0. The number of hydrogen-bond acceptors (Lipinski definition) is 6. The van der Waals surface area contributed by atoms with E-state index in [0.717, 1.165) is 0 Å². The molecule has 0 aliphatic heterocycles. The molecule has 1 aromatic heterocycles. The highest BCUT2D eigenvalue weighted by Gasteiger charge is 2.20. The molecule has 0 aliphatic rings. The van der Waals surface area contributed by atoms with Crippen molar-refractivity contribution in [2.24, 2.45) is 0 Å². The first kappa shape index (κ1) is 19.2. The Kier molecular flexibility index (Phi) is 5.44. The maximum Gasteiger partial charge on any atom is 0.221 e. The molecule has 0 saturated carbocycles. The minimum Gasteiger partial charge on any atom is -0.497 e. The van der Waals surface area contributed by atoms with Crippen LogP contribution in [-0.2, 0) is 4.79 Å². The number of carbonyl (C=O) groups is 2. The zero-order valence-electron chi connectivity index (χ0n) is 16.0. The number of carbonyl (C=O) groups excluding carboxylic acids is 2. The highest BCUT2D eigenvalue weighted by atomic mass is 16.5. The van der Waals surface area contributed by atoms with Crippen LogP contribution in [0.1, 0.15) is 23.0 Å². The third kappa shape index (κ3) is 3.59. The molecular formula is C21H20N2O5. The van der Waals surface area contributed by atoms with Crippen molar-refractivity contribution >= 4 is 28.2 Å². The van der Waals surface area contributed by atoms with Crippen molar-refractivity contribution < 1.29 is 23.8 Å². The quantitative estimate of drug-likeness (QED) is 0.659. The molecule has 0 aliphatic carbocycles. The van der Waals surface area contributed by atoms with Gasteiger partial charge in [-0.3, -0.25) is 9.59 Å². The van der Waals surface area contributed by atoms with E-state index in [1.807, 2.05) is 0 Å². The smallest absolute Gasteiger partial charge is 0.221 e. The van der Waals surface area contributed by atoms with E-state index >= 15 is 0 Å². The van der Waals surface area contributed by atoms with Crippen molar-refractivity contribution in [3.05, 3.63) is 53.9 Å². The Hall–Kier alpha value is -3.61. The lowest BCUT2D eigenvalue weighted by Crippen LogP contribution is -2.10. The molecule has 3 rings (SSSR count). The lowest BCUT2D eigenvalue weighted by Gasteiger charge is -2.14. The molecule has 3 aromatic rings. The van der Waals surface area contributed by atoms with Gasteiger partial charge in [0.15, 0.2) is 11.5 Å². The lowest BCUT2D eigenvalue weighted by molar-refractivity contribution is -0.114. The first-order chi connectivity index (χ1) is 13.5. The number of nitrogens with one attached hydrogen (secondary N) is 1. The molecular weight excluding hydrogens is 360 g/mol. The van der Waals surface area contributed by atoms with Crippen molar-refractivity contribution in [2.45, 2.75) is 6.92 Å². The third-order valence-corrected chi connectivity index (χ3v) is 4.25. The van der Waals surface area contributed by atoms with Crippen LogP contribution in [0.5, 0.6) is 17.2 Å². The molecule has 0 atom stereocenters. The van der Waals surface area contributed by atoms with Gasteiger partial charge in [-0.15, -0.1) is 0 Å². The summed E-state index contributed by atoms with van der Waals surface area (Å²) in [7, 11) is 4.57. The number of aromatic nitrogens is 1. The number of benzene rings is 2. The average Bonchev–Trinajstić information content (AvgIpc) is 2.72. The molecule has 0 radical (unpaired) electrons. The van der Waals surface area contributed by atoms with Crippen molar-refractivity contribution in [1.82, 2.24) is 4.98 Å². The minimum absolute atomic E-state index is 0.235. The molecule has 1 heterocycles. The molecule has 28 heavy (non-hydrogen) atoms. The molecule has 2 aromatic carbocycles. The van der Waals surface area contributed by atoms with Crippen LogP contribution in [0.15, 0.2) is 42.6 Å². The average molecular weight is 380 g/mol. The highest BCUT2D eigenvalue weighted by molar-refractivity contribution is 6.17. The van der Waals surface area contributed by atoms with Crippen LogP contribution in [0, 0.1) is 0 Å². The van der Waals surface area contributed by atoms with Gasteiger partial charge in [0.05, 0.1) is 33.2 Å². The first-order valence-electron chi connectivity index (χ1n) is 8.49. The summed E-state index contributed by atoms with van der Waals surface area (Å²) < 4.78 is 15.9. The molecule has 1 amide bonds. The number of methoxy groups -OCH3 is 3. The van der Waals surface area contributed by atoms with Crippen LogP contribution >= 0.6 is 0 Å². The topological polar surface area (TPSA) is 86.8 Å². The predicted molar refractivity (Wildman–Crippen MR) is 106 cm³/mol. The van der Waals surface area contributed by atoms with Crippen LogP contribution in [0.4, 0.5) is 5.69 Å². The van der Waals surface area contributed by atoms with Crippen molar-refractivity contribution in [3.8, 4) is 17.2 Å². The Morgan fingerprint density at radius 2 is 1.61 bits per heavy atom. The van der Waals surface area contributed by atoms with Crippen LogP contribution < -0.4 is 19.5 Å². The standard InChI is InChI=1S/C21H20N2O5/c1-12(24)23-17-11-22-20(21(25)13-6-5-7-14(8-13)26-2)16-10-19(28-4)18(27-3)9-15(16)17/h5-11H,1-4H3,(H,23,24). The zero-order valence-corrected chi connectivity index (χ0v) is 16.0. The molecule has 0 bridgehead atoms. The van der Waals surface area contributed by atoms with E-state index in [4.69, 9.17) is 14.2 Å². The van der Waals surface area contributed by atoms with E-state index in [-0.39, 0.29) is 17.4 Å². The molecule has 0 spiro atoms. The van der Waals surface area contributed by atoms with E-state index in [1.54, 1.807) is 36.4 Å². The number of anilines is 1. The number of hydrogen-bond donors (Lipinski definition) is 1. The summed E-state index contributed by atoms with van der Waals surface area (Å²) in [6.45, 7) is 1.40. The second-order valence-corrected chi connectivity index (χ2v) is 6.02. The van der Waals surface area contributed by atoms with Gasteiger partial charge in [-0.25, -0.2) is 4.98 Å². The summed E-state index contributed by atoms with van der Waals surface area (Å²) in [5.74, 6) is 0.989. The Balaban J connectivity index is 2.24. The summed E-state index contributed by atoms with van der Waals surface area (Å²) in [5, 5.41) is 3.89. The number of pyridine rings is 1. The summed E-state index contributed by atoms with van der Waals surface area (Å²) in [5.41, 5.74) is 1.15. The fourth-order valence-corrected chi connectivity index (χ4v) is 2.94. The largest absolute Gasteiger partial charge is 0.497 e. The van der Waals surface area contributed by atoms with Gasteiger partial charge in [0.25, 0.3) is 0 Å². The maximum atomic E-state index is 13.1. The van der Waals surface area contributed by atoms with E-state index < -0.39 is 0 Å². The number of amides is 1. The number of fused-ring (bicyclic) bond motifs is 1. The molecule has 1 N–H and O–H groups in total. The Labute approximate surface area is 162 Å². The fraction of sp³-hybridized carbons (Fsp3) is 0.190. The summed E-state index contributed by atoms with van der Waals surface area (Å²) in [4.78, 5) is 29.0. The Morgan fingerprint density at radius 3 is 2.21 bits per heavy atom. The van der Waals surface area contributed by atoms with Gasteiger partial charge in [0.1, 0.15) is 11.4 Å². The van der Waals surface area contributed by atoms with E-state index in [1.165, 1.54) is 34.4 Å². The monoisotopic (exact) mass is 380 g/mol. The van der Waals surface area contributed by atoms with Gasteiger partial charge in [-0.2, -0.15) is 0 Å². The molecule has 7 heteroatoms. The van der Waals surface area contributed by atoms with E-state index in [0.29, 0.717) is 39.3 Å². The van der Waals surface area contributed by atoms with Crippen molar-refractivity contribution in [1.29, 1.82) is 0 Å². The van der Waals surface area contributed by atoms with Crippen molar-refractivity contribution in [3.63, 3.8) is 0 Å². The summed E-state index contributed by atoms with van der Waals surface area (Å²) in [6, 6.07) is 10.2. The number of ether oxygens (including phenoxy) is 3. The highest BCUT2D eigenvalue weighted by Crippen LogP contribution is 2.37. The SMILES string of the molecule is COc1cccc(C(=O)c2ncc(NC(C)=O)c3cc(OC)c(OC)cc23)c1. The van der Waals surface area contributed by atoms with Gasteiger partial charge in [-0.05, 0) is 24.3 Å². The predicted octanol–water partition coefficient (Wildman–Crippen LogP) is 3.45. The minimum atomic E-state index is -0.273. The molecule has 7 nitrogen and oxygen atoms in total. The third-order valence-electron chi connectivity index (χ3n) is 4.25. The molecule has 144 valence electrons. The fourth-order valence-electron chi connectivity index (χ4n) is 2.94. The number of rotatable bonds is 6. The first-order valence-corrected chi connectivity index (χ1v) is 8.49. The second kappa shape index (κ2) is 7.96. The van der Waals surface area contributed by atoms with E-state index in [9.17, 15) is 9.59 Å². The summed E-state index contributed by atoms with van der Waals surface area (Å²) >= 11 is 0. The van der Waals surface area contributed by atoms with Crippen molar-refractivity contribution in [2.75, 3.05) is 26.6 Å². The van der Waals surface area contributed by atoms with Gasteiger partial charge in [-0.1, -0.05) is 12.1 Å². The van der Waals surface area contributed by atoms with Gasteiger partial charge < -0.3 is 19.5 Å². The van der Waals surface area contributed by atoms with E-state index in [2.05, 4.69) is 10.3 Å². The zero-order chi connectivity index (χ0) is 20.3. The molecule has 0 fully saturated rings. The van der Waals surface area contributed by atoms with Gasteiger partial charge in [0.2, 0.25) is 11.7 Å². The Morgan fingerprint density at radius 1 is 0.929 bits per heavy atom. The second-order valence-electron chi connectivity index (χ2n) is 6.02.